The molecule has 0 aliphatic carbocycles. The zero-order valence-corrected chi connectivity index (χ0v) is 15.5. The summed E-state index contributed by atoms with van der Waals surface area (Å²) in [5.41, 5.74) is 0.355. The molecule has 3 rings (SSSR count). The van der Waals surface area contributed by atoms with E-state index in [4.69, 9.17) is 4.52 Å². The van der Waals surface area contributed by atoms with Crippen LogP contribution >= 0.6 is 11.8 Å². The molecule has 11 heteroatoms. The Balaban J connectivity index is 1.65. The van der Waals surface area contributed by atoms with Gasteiger partial charge in [0.2, 0.25) is 11.8 Å². The first kappa shape index (κ1) is 18.1. The summed E-state index contributed by atoms with van der Waals surface area (Å²) in [5, 5.41) is 7.13. The Labute approximate surface area is 153 Å². The van der Waals surface area contributed by atoms with E-state index in [1.54, 1.807) is 11.8 Å². The normalized spacial score (nSPS) is 11.2. The Morgan fingerprint density at radius 2 is 2.15 bits per heavy atom. The van der Waals surface area contributed by atoms with E-state index in [-0.39, 0.29) is 29.5 Å². The topological polar surface area (TPSA) is 122 Å². The van der Waals surface area contributed by atoms with Crippen LogP contribution in [0.15, 0.2) is 20.5 Å². The summed E-state index contributed by atoms with van der Waals surface area (Å²) in [6, 6.07) is 1.42. The fourth-order valence-corrected chi connectivity index (χ4v) is 3.04. The van der Waals surface area contributed by atoms with E-state index in [1.807, 2.05) is 13.8 Å². The van der Waals surface area contributed by atoms with Gasteiger partial charge in [-0.1, -0.05) is 23.8 Å². The molecule has 3 heterocycles. The molecule has 0 radical (unpaired) electrons. The molecule has 138 valence electrons. The number of fused-ring (bicyclic) bond motifs is 1. The fraction of sp³-hybridized carbons (Fsp3) is 0.467. The average molecular weight is 377 g/mol. The molecule has 3 aromatic rings. The van der Waals surface area contributed by atoms with Crippen LogP contribution in [0.4, 0.5) is 0 Å². The zero-order chi connectivity index (χ0) is 18.7. The number of nitrogens with one attached hydrogen (secondary N) is 1. The summed E-state index contributed by atoms with van der Waals surface area (Å²) in [4.78, 5) is 38.6. The molecule has 0 aliphatic heterocycles. The number of aryl methyl sites for hydroxylation is 2. The lowest BCUT2D eigenvalue weighted by atomic mass is 10.4. The predicted molar refractivity (Wildman–Crippen MR) is 93.8 cm³/mol. The van der Waals surface area contributed by atoms with Gasteiger partial charge in [0.25, 0.3) is 11.3 Å². The molecule has 0 bridgehead atoms. The number of thioether (sulfide) groups is 1. The molecule has 26 heavy (non-hydrogen) atoms. The number of carbonyl (C=O) groups excluding carboxylic acids is 1. The molecular formula is C15H19N7O3S. The number of aromatic amines is 1. The van der Waals surface area contributed by atoms with E-state index in [1.165, 1.54) is 22.3 Å². The lowest BCUT2D eigenvalue weighted by Gasteiger charge is -2.18. The molecule has 0 aliphatic rings. The zero-order valence-electron chi connectivity index (χ0n) is 14.7. The molecule has 0 saturated carbocycles. The van der Waals surface area contributed by atoms with Crippen molar-refractivity contribution >= 4 is 23.4 Å². The lowest BCUT2D eigenvalue weighted by Crippen LogP contribution is -2.31. The molecule has 0 aromatic carbocycles. The van der Waals surface area contributed by atoms with Crippen molar-refractivity contribution in [2.75, 3.05) is 12.3 Å². The SMILES string of the molecule is CCc1noc(CN(CC)C(=O)CSc2nc3nc(C)cc(=O)n3[nH]2)n1. The standard InChI is InChI=1S/C15H19N7O3S/c1-4-10-17-11(25-20-10)7-21(5-2)13(24)8-26-15-18-14-16-9(3)6-12(23)22(14)19-15/h6H,4-5,7-8H2,1-3H3,(H,16,18,19). The number of rotatable bonds is 7. The van der Waals surface area contributed by atoms with Gasteiger partial charge >= 0.3 is 0 Å². The van der Waals surface area contributed by atoms with Gasteiger partial charge in [-0.05, 0) is 13.8 Å². The summed E-state index contributed by atoms with van der Waals surface area (Å²) in [7, 11) is 0. The summed E-state index contributed by atoms with van der Waals surface area (Å²) in [6.45, 7) is 6.33. The predicted octanol–water partition coefficient (Wildman–Crippen LogP) is 0.812. The molecule has 0 spiro atoms. The minimum absolute atomic E-state index is 0.0920. The number of aromatic nitrogens is 6. The quantitative estimate of drug-likeness (QED) is 0.600. The highest BCUT2D eigenvalue weighted by molar-refractivity contribution is 7.99. The highest BCUT2D eigenvalue weighted by atomic mass is 32.2. The minimum atomic E-state index is -0.239. The van der Waals surface area contributed by atoms with Crippen molar-refractivity contribution in [2.24, 2.45) is 0 Å². The largest absolute Gasteiger partial charge is 0.337 e. The molecule has 10 nitrogen and oxygen atoms in total. The number of hydrogen-bond acceptors (Lipinski definition) is 8. The maximum Gasteiger partial charge on any atom is 0.274 e. The first-order chi connectivity index (χ1) is 12.5. The van der Waals surface area contributed by atoms with Gasteiger partial charge in [0.1, 0.15) is 0 Å². The molecule has 1 N–H and O–H groups in total. The van der Waals surface area contributed by atoms with Gasteiger partial charge in [-0.25, -0.2) is 4.98 Å². The van der Waals surface area contributed by atoms with Gasteiger partial charge in [-0.15, -0.1) is 0 Å². The van der Waals surface area contributed by atoms with Crippen LogP contribution in [0.25, 0.3) is 5.78 Å². The van der Waals surface area contributed by atoms with Crippen molar-refractivity contribution in [1.29, 1.82) is 0 Å². The number of H-pyrrole nitrogens is 1. The monoisotopic (exact) mass is 377 g/mol. The lowest BCUT2D eigenvalue weighted by molar-refractivity contribution is -0.129. The second kappa shape index (κ2) is 7.68. The van der Waals surface area contributed by atoms with Crippen LogP contribution in [0.3, 0.4) is 0 Å². The van der Waals surface area contributed by atoms with Crippen molar-refractivity contribution in [2.45, 2.75) is 38.9 Å². The maximum atomic E-state index is 12.5. The van der Waals surface area contributed by atoms with E-state index in [2.05, 4.69) is 25.2 Å². The van der Waals surface area contributed by atoms with E-state index in [0.29, 0.717) is 35.5 Å². The van der Waals surface area contributed by atoms with Crippen LogP contribution in [0, 0.1) is 6.92 Å². The van der Waals surface area contributed by atoms with Crippen LogP contribution in [-0.2, 0) is 17.8 Å². The molecule has 3 aromatic heterocycles. The van der Waals surface area contributed by atoms with Gasteiger partial charge in [-0.3, -0.25) is 14.7 Å². The van der Waals surface area contributed by atoms with Crippen LogP contribution in [0.2, 0.25) is 0 Å². The van der Waals surface area contributed by atoms with Crippen LogP contribution in [0.1, 0.15) is 31.3 Å². The molecule has 0 unspecified atom stereocenters. The average Bonchev–Trinajstić information content (AvgIpc) is 3.23. The van der Waals surface area contributed by atoms with Crippen molar-refractivity contribution in [3.8, 4) is 0 Å². The fourth-order valence-electron chi connectivity index (χ4n) is 2.30. The second-order valence-electron chi connectivity index (χ2n) is 5.55. The minimum Gasteiger partial charge on any atom is -0.337 e. The van der Waals surface area contributed by atoms with Gasteiger partial charge in [0.05, 0.1) is 12.3 Å². The number of amides is 1. The van der Waals surface area contributed by atoms with E-state index >= 15 is 0 Å². The highest BCUT2D eigenvalue weighted by Crippen LogP contribution is 2.15. The maximum absolute atomic E-state index is 12.5. The van der Waals surface area contributed by atoms with Gasteiger partial charge in [-0.2, -0.15) is 14.5 Å². The Morgan fingerprint density at radius 1 is 1.35 bits per heavy atom. The number of carbonyl (C=O) groups is 1. The van der Waals surface area contributed by atoms with Crippen LogP contribution in [0.5, 0.6) is 0 Å². The number of hydrogen-bond donors (Lipinski definition) is 1. The Hall–Kier alpha value is -2.69. The molecule has 1 amide bonds. The third-order valence-electron chi connectivity index (χ3n) is 3.66. The summed E-state index contributed by atoms with van der Waals surface area (Å²) >= 11 is 1.21. The van der Waals surface area contributed by atoms with Crippen molar-refractivity contribution < 1.29 is 9.32 Å². The molecule has 0 fully saturated rings. The smallest absolute Gasteiger partial charge is 0.274 e. The van der Waals surface area contributed by atoms with E-state index < -0.39 is 0 Å². The van der Waals surface area contributed by atoms with E-state index in [0.717, 1.165) is 0 Å². The van der Waals surface area contributed by atoms with Crippen LogP contribution < -0.4 is 5.56 Å². The Bertz CT molecular complexity index is 977. The number of nitrogens with zero attached hydrogens (tertiary/aromatic N) is 6. The Kier molecular flexibility index (Phi) is 5.35. The summed E-state index contributed by atoms with van der Waals surface area (Å²) in [6.07, 6.45) is 0.679. The Morgan fingerprint density at radius 3 is 2.85 bits per heavy atom. The van der Waals surface area contributed by atoms with Gasteiger partial charge in [0.15, 0.2) is 11.0 Å². The molecule has 0 atom stereocenters. The van der Waals surface area contributed by atoms with Crippen LogP contribution in [-0.4, -0.2) is 52.8 Å². The molecule has 0 saturated heterocycles. The first-order valence-electron chi connectivity index (χ1n) is 8.18. The third kappa shape index (κ3) is 3.93. The summed E-state index contributed by atoms with van der Waals surface area (Å²) in [5.74, 6) is 1.39. The third-order valence-corrected chi connectivity index (χ3v) is 4.50. The first-order valence-corrected chi connectivity index (χ1v) is 9.17. The summed E-state index contributed by atoms with van der Waals surface area (Å²) < 4.78 is 6.39. The van der Waals surface area contributed by atoms with Crippen molar-refractivity contribution in [1.82, 2.24) is 34.6 Å². The second-order valence-corrected chi connectivity index (χ2v) is 6.52. The molecular weight excluding hydrogens is 358 g/mol. The van der Waals surface area contributed by atoms with Gasteiger partial charge in [0, 0.05) is 24.7 Å². The van der Waals surface area contributed by atoms with Gasteiger partial charge < -0.3 is 9.42 Å². The van der Waals surface area contributed by atoms with Crippen molar-refractivity contribution in [3.63, 3.8) is 0 Å². The van der Waals surface area contributed by atoms with Crippen molar-refractivity contribution in [3.05, 3.63) is 33.8 Å². The van der Waals surface area contributed by atoms with E-state index in [9.17, 15) is 9.59 Å². The highest BCUT2D eigenvalue weighted by Gasteiger charge is 2.17.